The first kappa shape index (κ1) is 20.9. The van der Waals surface area contributed by atoms with Gasteiger partial charge in [0.05, 0.1) is 12.5 Å². The predicted octanol–water partition coefficient (Wildman–Crippen LogP) is 3.20. The van der Waals surface area contributed by atoms with Crippen molar-refractivity contribution in [3.05, 3.63) is 78.1 Å². The van der Waals surface area contributed by atoms with E-state index in [4.69, 9.17) is 8.83 Å². The molecule has 8 heteroatoms. The third kappa shape index (κ3) is 5.38. The van der Waals surface area contributed by atoms with E-state index in [0.717, 1.165) is 5.56 Å². The first-order valence-corrected chi connectivity index (χ1v) is 9.50. The zero-order chi connectivity index (χ0) is 21.5. The van der Waals surface area contributed by atoms with Gasteiger partial charge < -0.3 is 24.8 Å². The fraction of sp³-hybridized carbons (Fsp3) is 0.227. The van der Waals surface area contributed by atoms with Gasteiger partial charge in [0.1, 0.15) is 6.04 Å². The molecule has 0 aliphatic carbocycles. The minimum Gasteiger partial charge on any atom is -0.459 e. The molecule has 3 N–H and O–H groups in total. The van der Waals surface area contributed by atoms with Crippen LogP contribution in [0.5, 0.6) is 0 Å². The maximum Gasteiger partial charge on any atom is 0.291 e. The smallest absolute Gasteiger partial charge is 0.291 e. The van der Waals surface area contributed by atoms with Crippen LogP contribution in [0.15, 0.2) is 69.9 Å². The SMILES string of the molecule is CC(C)[C@H](NC(=O)c1ccco1)C(=O)NCc1cccc(NC(=O)c2ccco2)c1. The lowest BCUT2D eigenvalue weighted by molar-refractivity contribution is -0.124. The zero-order valence-corrected chi connectivity index (χ0v) is 16.7. The summed E-state index contributed by atoms with van der Waals surface area (Å²) < 4.78 is 10.1. The van der Waals surface area contributed by atoms with Gasteiger partial charge in [0.25, 0.3) is 11.8 Å². The molecule has 0 bridgehead atoms. The van der Waals surface area contributed by atoms with Crippen molar-refractivity contribution in [2.75, 3.05) is 5.32 Å². The Kier molecular flexibility index (Phi) is 6.69. The Hall–Kier alpha value is -3.81. The van der Waals surface area contributed by atoms with Gasteiger partial charge >= 0.3 is 0 Å². The number of nitrogens with one attached hydrogen (secondary N) is 3. The maximum absolute atomic E-state index is 12.6. The third-order valence-corrected chi connectivity index (χ3v) is 4.38. The number of hydrogen-bond donors (Lipinski definition) is 3. The Morgan fingerprint density at radius 2 is 1.57 bits per heavy atom. The molecule has 1 atom stereocenters. The average molecular weight is 409 g/mol. The van der Waals surface area contributed by atoms with Gasteiger partial charge in [-0.2, -0.15) is 0 Å². The Labute approximate surface area is 173 Å². The van der Waals surface area contributed by atoms with Crippen LogP contribution < -0.4 is 16.0 Å². The standard InChI is InChI=1S/C22H23N3O5/c1-14(2)19(25-21(27)18-9-5-11-30-18)22(28)23-13-15-6-3-7-16(12-15)24-20(26)17-8-4-10-29-17/h3-12,14,19H,13H2,1-2H3,(H,23,28)(H,24,26)(H,25,27)/t19-/m0/s1. The minimum atomic E-state index is -0.718. The molecule has 0 fully saturated rings. The molecule has 0 saturated carbocycles. The number of carbonyl (C=O) groups is 3. The van der Waals surface area contributed by atoms with Gasteiger partial charge in [0, 0.05) is 12.2 Å². The van der Waals surface area contributed by atoms with Crippen LogP contribution in [-0.4, -0.2) is 23.8 Å². The molecule has 3 aromatic rings. The molecule has 0 aliphatic heterocycles. The highest BCUT2D eigenvalue weighted by Gasteiger charge is 2.25. The number of carbonyl (C=O) groups excluding carboxylic acids is 3. The normalized spacial score (nSPS) is 11.7. The van der Waals surface area contributed by atoms with Gasteiger partial charge in [-0.1, -0.05) is 26.0 Å². The van der Waals surface area contributed by atoms with E-state index >= 15 is 0 Å². The first-order valence-electron chi connectivity index (χ1n) is 9.50. The fourth-order valence-corrected chi connectivity index (χ4v) is 2.81. The van der Waals surface area contributed by atoms with Crippen molar-refractivity contribution >= 4 is 23.4 Å². The summed E-state index contributed by atoms with van der Waals surface area (Å²) in [5.41, 5.74) is 1.37. The number of furan rings is 2. The molecular formula is C22H23N3O5. The van der Waals surface area contributed by atoms with E-state index in [1.807, 2.05) is 19.9 Å². The number of hydrogen-bond acceptors (Lipinski definition) is 5. The van der Waals surface area contributed by atoms with E-state index in [-0.39, 0.29) is 35.8 Å². The van der Waals surface area contributed by atoms with Gasteiger partial charge in [-0.05, 0) is 47.9 Å². The van der Waals surface area contributed by atoms with Gasteiger partial charge in [0.2, 0.25) is 5.91 Å². The Morgan fingerprint density at radius 1 is 0.900 bits per heavy atom. The van der Waals surface area contributed by atoms with E-state index in [2.05, 4.69) is 16.0 Å². The van der Waals surface area contributed by atoms with Crippen LogP contribution in [0.2, 0.25) is 0 Å². The highest BCUT2D eigenvalue weighted by molar-refractivity contribution is 6.02. The van der Waals surface area contributed by atoms with Crippen molar-refractivity contribution in [1.29, 1.82) is 0 Å². The number of amides is 3. The molecule has 0 aliphatic rings. The molecule has 2 heterocycles. The lowest BCUT2D eigenvalue weighted by atomic mass is 10.0. The second kappa shape index (κ2) is 9.60. The topological polar surface area (TPSA) is 114 Å². The van der Waals surface area contributed by atoms with Gasteiger partial charge in [-0.15, -0.1) is 0 Å². The largest absolute Gasteiger partial charge is 0.459 e. The Balaban J connectivity index is 1.58. The zero-order valence-electron chi connectivity index (χ0n) is 16.7. The molecule has 0 radical (unpaired) electrons. The summed E-state index contributed by atoms with van der Waals surface area (Å²) in [6, 6.07) is 12.7. The molecule has 156 valence electrons. The van der Waals surface area contributed by atoms with E-state index in [9.17, 15) is 14.4 Å². The highest BCUT2D eigenvalue weighted by Crippen LogP contribution is 2.13. The summed E-state index contributed by atoms with van der Waals surface area (Å²) in [5, 5.41) is 8.26. The Morgan fingerprint density at radius 3 is 2.17 bits per heavy atom. The van der Waals surface area contributed by atoms with Gasteiger partial charge in [-0.3, -0.25) is 14.4 Å². The third-order valence-electron chi connectivity index (χ3n) is 4.38. The summed E-state index contributed by atoms with van der Waals surface area (Å²) in [6.45, 7) is 3.93. The summed E-state index contributed by atoms with van der Waals surface area (Å²) in [5.74, 6) is -0.884. The van der Waals surface area contributed by atoms with Crippen molar-refractivity contribution in [3.8, 4) is 0 Å². The molecule has 30 heavy (non-hydrogen) atoms. The van der Waals surface area contributed by atoms with E-state index in [1.54, 1.807) is 36.4 Å². The molecule has 3 rings (SSSR count). The number of anilines is 1. The van der Waals surface area contributed by atoms with Crippen LogP contribution in [0.4, 0.5) is 5.69 Å². The van der Waals surface area contributed by atoms with Gasteiger partial charge in [0.15, 0.2) is 11.5 Å². The van der Waals surface area contributed by atoms with E-state index < -0.39 is 11.9 Å². The molecular weight excluding hydrogens is 386 g/mol. The molecule has 0 unspecified atom stereocenters. The predicted molar refractivity (Wildman–Crippen MR) is 110 cm³/mol. The van der Waals surface area contributed by atoms with Crippen molar-refractivity contribution in [3.63, 3.8) is 0 Å². The minimum absolute atomic E-state index is 0.122. The first-order chi connectivity index (χ1) is 14.4. The second-order valence-electron chi connectivity index (χ2n) is 7.02. The second-order valence-corrected chi connectivity index (χ2v) is 7.02. The highest BCUT2D eigenvalue weighted by atomic mass is 16.3. The van der Waals surface area contributed by atoms with Crippen LogP contribution in [0.25, 0.3) is 0 Å². The molecule has 3 amide bonds. The molecule has 2 aromatic heterocycles. The van der Waals surface area contributed by atoms with E-state index in [1.165, 1.54) is 18.6 Å². The molecule has 1 aromatic carbocycles. The van der Waals surface area contributed by atoms with Crippen LogP contribution in [0.1, 0.15) is 40.5 Å². The van der Waals surface area contributed by atoms with E-state index in [0.29, 0.717) is 5.69 Å². The number of benzene rings is 1. The summed E-state index contributed by atoms with van der Waals surface area (Å²) in [6.07, 6.45) is 2.83. The maximum atomic E-state index is 12.6. The monoisotopic (exact) mass is 409 g/mol. The lowest BCUT2D eigenvalue weighted by Gasteiger charge is -2.21. The summed E-state index contributed by atoms with van der Waals surface area (Å²) in [4.78, 5) is 36.9. The Bertz CT molecular complexity index is 994. The molecule has 0 spiro atoms. The quantitative estimate of drug-likeness (QED) is 0.529. The van der Waals surface area contributed by atoms with Crippen LogP contribution in [0, 0.1) is 5.92 Å². The van der Waals surface area contributed by atoms with Crippen LogP contribution in [0.3, 0.4) is 0 Å². The van der Waals surface area contributed by atoms with Crippen molar-refractivity contribution in [1.82, 2.24) is 10.6 Å². The van der Waals surface area contributed by atoms with Crippen molar-refractivity contribution in [2.24, 2.45) is 5.92 Å². The average Bonchev–Trinajstić information content (AvgIpc) is 3.44. The van der Waals surface area contributed by atoms with Crippen molar-refractivity contribution < 1.29 is 23.2 Å². The number of rotatable bonds is 8. The van der Waals surface area contributed by atoms with Gasteiger partial charge in [-0.25, -0.2) is 0 Å². The molecule has 0 saturated heterocycles. The van der Waals surface area contributed by atoms with Crippen LogP contribution >= 0.6 is 0 Å². The molecule has 8 nitrogen and oxygen atoms in total. The summed E-state index contributed by atoms with van der Waals surface area (Å²) >= 11 is 0. The lowest BCUT2D eigenvalue weighted by Crippen LogP contribution is -2.49. The van der Waals surface area contributed by atoms with Crippen molar-refractivity contribution in [2.45, 2.75) is 26.4 Å². The summed E-state index contributed by atoms with van der Waals surface area (Å²) in [7, 11) is 0. The van der Waals surface area contributed by atoms with Crippen LogP contribution in [-0.2, 0) is 11.3 Å². The fourth-order valence-electron chi connectivity index (χ4n) is 2.81.